The lowest BCUT2D eigenvalue weighted by Crippen LogP contribution is -2.47. The van der Waals surface area contributed by atoms with Crippen molar-refractivity contribution in [1.82, 2.24) is 9.97 Å². The Morgan fingerprint density at radius 1 is 1.27 bits per heavy atom. The van der Waals surface area contributed by atoms with E-state index in [1.165, 1.54) is 27.0 Å². The minimum atomic E-state index is -4.82. The predicted octanol–water partition coefficient (Wildman–Crippen LogP) is 3.05. The monoisotopic (exact) mass is 531 g/mol. The molecular formula is C24H29F4N3O6. The maximum Gasteiger partial charge on any atom is 0.417 e. The topological polar surface area (TPSA) is 123 Å². The summed E-state index contributed by atoms with van der Waals surface area (Å²) in [6.45, 7) is 3.15. The lowest BCUT2D eigenvalue weighted by atomic mass is 9.76. The maximum absolute atomic E-state index is 14.4. The highest BCUT2D eigenvalue weighted by atomic mass is 19.4. The summed E-state index contributed by atoms with van der Waals surface area (Å²) in [5.74, 6) is -4.05. The molecule has 1 fully saturated rings. The molecule has 3 rings (SSSR count). The Bertz CT molecular complexity index is 1100. The molecule has 13 heteroatoms. The average Bonchev–Trinajstić information content (AvgIpc) is 3.13. The minimum absolute atomic E-state index is 0.00648. The lowest BCUT2D eigenvalue weighted by Gasteiger charge is -2.32. The second-order valence-electron chi connectivity index (χ2n) is 8.91. The molecule has 1 aliphatic heterocycles. The van der Waals surface area contributed by atoms with E-state index < -0.39 is 54.2 Å². The highest BCUT2D eigenvalue weighted by Crippen LogP contribution is 2.55. The highest BCUT2D eigenvalue weighted by Gasteiger charge is 2.65. The van der Waals surface area contributed by atoms with Crippen LogP contribution in [0.4, 0.5) is 23.2 Å². The number of carbonyl (C=O) groups is 1. The number of halogens is 4. The van der Waals surface area contributed by atoms with Crippen molar-refractivity contribution in [3.8, 4) is 5.75 Å². The number of rotatable bonds is 9. The first-order valence-electron chi connectivity index (χ1n) is 11.4. The van der Waals surface area contributed by atoms with E-state index >= 15 is 0 Å². The average molecular weight is 532 g/mol. The summed E-state index contributed by atoms with van der Waals surface area (Å²) in [7, 11) is 1.44. The number of aliphatic hydroxyl groups is 2. The Morgan fingerprint density at radius 2 is 1.92 bits per heavy atom. The van der Waals surface area contributed by atoms with E-state index in [2.05, 4.69) is 15.3 Å². The molecule has 1 saturated heterocycles. The summed E-state index contributed by atoms with van der Waals surface area (Å²) in [5.41, 5.74) is -2.40. The van der Waals surface area contributed by atoms with Crippen LogP contribution in [0.25, 0.3) is 0 Å². The molecule has 3 N–H and O–H groups in total. The fourth-order valence-electron chi connectivity index (χ4n) is 4.26. The van der Waals surface area contributed by atoms with Gasteiger partial charge in [-0.25, -0.2) is 14.4 Å². The third kappa shape index (κ3) is 5.69. The van der Waals surface area contributed by atoms with Crippen molar-refractivity contribution in [3.63, 3.8) is 0 Å². The van der Waals surface area contributed by atoms with Crippen LogP contribution in [0.1, 0.15) is 42.8 Å². The van der Waals surface area contributed by atoms with Gasteiger partial charge in [0.25, 0.3) is 5.91 Å². The number of methoxy groups -OCH3 is 1. The Morgan fingerprint density at radius 3 is 2.49 bits per heavy atom. The molecule has 1 unspecified atom stereocenters. The zero-order valence-electron chi connectivity index (χ0n) is 20.7. The van der Waals surface area contributed by atoms with Crippen molar-refractivity contribution < 1.29 is 46.8 Å². The number of nitrogens with one attached hydrogen (secondary N) is 1. The number of aliphatic hydroxyl groups excluding tert-OH is 2. The summed E-state index contributed by atoms with van der Waals surface area (Å²) < 4.78 is 73.0. The van der Waals surface area contributed by atoms with Gasteiger partial charge in [0.2, 0.25) is 0 Å². The second-order valence-corrected chi connectivity index (χ2v) is 8.91. The van der Waals surface area contributed by atoms with Gasteiger partial charge in [0, 0.05) is 30.1 Å². The van der Waals surface area contributed by atoms with Crippen LogP contribution < -0.4 is 10.1 Å². The molecule has 0 bridgehead atoms. The molecule has 9 nitrogen and oxygen atoms in total. The summed E-state index contributed by atoms with van der Waals surface area (Å²) in [5, 5.41) is 21.1. The van der Waals surface area contributed by atoms with Gasteiger partial charge in [0.05, 0.1) is 31.3 Å². The number of alkyl halides is 3. The van der Waals surface area contributed by atoms with Gasteiger partial charge in [0.1, 0.15) is 30.4 Å². The SMILES string of the molecule is COCCOc1c([C@H]2[C@@H](C(=O)Nc3cnc(C(O)CO)nc3)O[C@@](C)(C(F)(F)F)[C@H]2C)ccc(F)c1C. The number of carbonyl (C=O) groups excluding carboxylic acids is 1. The molecule has 2 heterocycles. The molecule has 1 aliphatic rings. The first-order chi connectivity index (χ1) is 17.4. The van der Waals surface area contributed by atoms with E-state index in [1.54, 1.807) is 0 Å². The van der Waals surface area contributed by atoms with Crippen molar-refractivity contribution in [2.75, 3.05) is 32.2 Å². The van der Waals surface area contributed by atoms with E-state index in [0.717, 1.165) is 25.4 Å². The van der Waals surface area contributed by atoms with E-state index in [9.17, 15) is 27.5 Å². The van der Waals surface area contributed by atoms with Crippen molar-refractivity contribution in [2.45, 2.75) is 50.7 Å². The molecule has 1 aromatic carbocycles. The Balaban J connectivity index is 2.02. The molecule has 1 amide bonds. The highest BCUT2D eigenvalue weighted by molar-refractivity contribution is 5.95. The molecule has 0 radical (unpaired) electrons. The van der Waals surface area contributed by atoms with Gasteiger partial charge in [-0.1, -0.05) is 13.0 Å². The number of ether oxygens (including phenoxy) is 3. The number of nitrogens with zero attached hydrogens (tertiary/aromatic N) is 2. The molecule has 2 aromatic rings. The number of hydrogen-bond acceptors (Lipinski definition) is 8. The number of amides is 1. The largest absolute Gasteiger partial charge is 0.491 e. The van der Waals surface area contributed by atoms with Crippen LogP contribution in [0.5, 0.6) is 5.75 Å². The quantitative estimate of drug-likeness (QED) is 0.333. The van der Waals surface area contributed by atoms with E-state index in [1.807, 2.05) is 0 Å². The summed E-state index contributed by atoms with van der Waals surface area (Å²) in [4.78, 5) is 20.9. The molecule has 0 saturated carbocycles. The van der Waals surface area contributed by atoms with E-state index in [4.69, 9.17) is 19.3 Å². The van der Waals surface area contributed by atoms with Crippen LogP contribution in [-0.4, -0.2) is 70.9 Å². The molecule has 37 heavy (non-hydrogen) atoms. The van der Waals surface area contributed by atoms with Crippen molar-refractivity contribution in [1.29, 1.82) is 0 Å². The third-order valence-corrected chi connectivity index (χ3v) is 6.60. The fourth-order valence-corrected chi connectivity index (χ4v) is 4.26. The van der Waals surface area contributed by atoms with Crippen LogP contribution in [-0.2, 0) is 14.3 Å². The van der Waals surface area contributed by atoms with Gasteiger partial charge in [-0.15, -0.1) is 0 Å². The predicted molar refractivity (Wildman–Crippen MR) is 122 cm³/mol. The zero-order chi connectivity index (χ0) is 27.5. The van der Waals surface area contributed by atoms with Gasteiger partial charge in [-0.05, 0) is 19.9 Å². The van der Waals surface area contributed by atoms with Crippen LogP contribution in [0.3, 0.4) is 0 Å². The molecule has 1 aromatic heterocycles. The molecular weight excluding hydrogens is 502 g/mol. The van der Waals surface area contributed by atoms with Gasteiger partial charge in [-0.3, -0.25) is 4.79 Å². The van der Waals surface area contributed by atoms with E-state index in [-0.39, 0.29) is 41.6 Å². The van der Waals surface area contributed by atoms with Crippen molar-refractivity contribution in [3.05, 3.63) is 47.3 Å². The van der Waals surface area contributed by atoms with Crippen molar-refractivity contribution >= 4 is 11.6 Å². The van der Waals surface area contributed by atoms with Crippen LogP contribution >= 0.6 is 0 Å². The molecule has 0 spiro atoms. The molecule has 204 valence electrons. The standard InChI is InChI=1S/C24H29F4N3O6/c1-12-16(25)6-5-15(19(12)36-8-7-35-4)18-13(2)23(3,24(26,27)28)37-20(18)22(34)31-14-9-29-21(30-10-14)17(33)11-32/h5-6,9-10,13,17-18,20,32-33H,7-8,11H2,1-4H3,(H,31,34)/t13-,17?,18-,20-,23+/m0/s1. The summed E-state index contributed by atoms with van der Waals surface area (Å²) >= 11 is 0. The maximum atomic E-state index is 14.4. The number of anilines is 1. The smallest absolute Gasteiger partial charge is 0.417 e. The number of hydrogen-bond donors (Lipinski definition) is 3. The van der Waals surface area contributed by atoms with Crippen LogP contribution in [0.15, 0.2) is 24.5 Å². The second kappa shape index (κ2) is 11.3. The third-order valence-electron chi connectivity index (χ3n) is 6.60. The van der Waals surface area contributed by atoms with E-state index in [0.29, 0.717) is 0 Å². The van der Waals surface area contributed by atoms with Gasteiger partial charge < -0.3 is 29.7 Å². The Hall–Kier alpha value is -2.87. The first-order valence-corrected chi connectivity index (χ1v) is 11.4. The zero-order valence-corrected chi connectivity index (χ0v) is 20.7. The normalized spacial score (nSPS) is 24.6. The Labute approximate surface area is 210 Å². The molecule has 0 aliphatic carbocycles. The number of benzene rings is 1. The lowest BCUT2D eigenvalue weighted by molar-refractivity contribution is -0.272. The van der Waals surface area contributed by atoms with Crippen LogP contribution in [0.2, 0.25) is 0 Å². The summed E-state index contributed by atoms with van der Waals surface area (Å²) in [6.07, 6.45) is -5.53. The Kier molecular flexibility index (Phi) is 8.73. The van der Waals surface area contributed by atoms with Gasteiger partial charge >= 0.3 is 6.18 Å². The fraction of sp³-hybridized carbons (Fsp3) is 0.542. The summed E-state index contributed by atoms with van der Waals surface area (Å²) in [6, 6.07) is 2.41. The van der Waals surface area contributed by atoms with Gasteiger partial charge in [-0.2, -0.15) is 13.2 Å². The van der Waals surface area contributed by atoms with Crippen molar-refractivity contribution in [2.24, 2.45) is 5.92 Å². The van der Waals surface area contributed by atoms with Crippen LogP contribution in [0, 0.1) is 18.7 Å². The van der Waals surface area contributed by atoms with Gasteiger partial charge in [0.15, 0.2) is 11.4 Å². The number of aromatic nitrogens is 2. The molecule has 5 atom stereocenters. The first kappa shape index (κ1) is 28.7. The minimum Gasteiger partial charge on any atom is -0.491 e.